The zero-order valence-electron chi connectivity index (χ0n) is 22.5. The molecule has 1 atom stereocenters. The molecule has 0 unspecified atom stereocenters. The van der Waals surface area contributed by atoms with Crippen molar-refractivity contribution in [2.75, 3.05) is 10.8 Å². The molecule has 1 N–H and O–H groups in total. The summed E-state index contributed by atoms with van der Waals surface area (Å²) in [6.07, 6.45) is 3.91. The van der Waals surface area contributed by atoms with E-state index in [2.05, 4.69) is 5.32 Å². The molecule has 0 bridgehead atoms. The molecule has 2 amide bonds. The number of carbonyl (C=O) groups is 2. The molecule has 4 rings (SSSR count). The predicted octanol–water partition coefficient (Wildman–Crippen LogP) is 5.97. The highest BCUT2D eigenvalue weighted by molar-refractivity contribution is 7.92. The molecule has 212 valence electrons. The van der Waals surface area contributed by atoms with E-state index in [0.717, 1.165) is 41.1 Å². The maximum Gasteiger partial charge on any atom is 0.264 e. The van der Waals surface area contributed by atoms with Crippen molar-refractivity contribution < 1.29 is 18.0 Å². The van der Waals surface area contributed by atoms with E-state index in [9.17, 15) is 18.0 Å². The van der Waals surface area contributed by atoms with Crippen LogP contribution in [0, 0.1) is 6.92 Å². The van der Waals surface area contributed by atoms with Crippen molar-refractivity contribution in [1.82, 2.24) is 10.2 Å². The normalized spacial score (nSPS) is 14.5. The first-order chi connectivity index (χ1) is 19.1. The first kappa shape index (κ1) is 29.9. The Balaban J connectivity index is 1.71. The fraction of sp³-hybridized carbons (Fsp3) is 0.333. The van der Waals surface area contributed by atoms with Gasteiger partial charge in [-0.15, -0.1) is 0 Å². The van der Waals surface area contributed by atoms with Crippen molar-refractivity contribution in [3.8, 4) is 0 Å². The van der Waals surface area contributed by atoms with Crippen LogP contribution in [-0.4, -0.2) is 43.8 Å². The van der Waals surface area contributed by atoms with Crippen LogP contribution in [0.5, 0.6) is 0 Å². The minimum absolute atomic E-state index is 0.00361. The van der Waals surface area contributed by atoms with Crippen LogP contribution in [0.3, 0.4) is 0 Å². The predicted molar refractivity (Wildman–Crippen MR) is 159 cm³/mol. The van der Waals surface area contributed by atoms with Crippen LogP contribution >= 0.6 is 23.2 Å². The van der Waals surface area contributed by atoms with Crippen molar-refractivity contribution in [3.63, 3.8) is 0 Å². The molecule has 1 saturated carbocycles. The molecular formula is C30H33Cl2N3O4S. The number of benzene rings is 3. The van der Waals surface area contributed by atoms with Gasteiger partial charge in [0.2, 0.25) is 11.8 Å². The summed E-state index contributed by atoms with van der Waals surface area (Å²) in [4.78, 5) is 28.8. The summed E-state index contributed by atoms with van der Waals surface area (Å²) in [7, 11) is -4.22. The minimum Gasteiger partial charge on any atom is -0.352 e. The Hall–Kier alpha value is -3.07. The van der Waals surface area contributed by atoms with E-state index in [0.29, 0.717) is 0 Å². The Morgan fingerprint density at radius 1 is 0.975 bits per heavy atom. The Morgan fingerprint density at radius 3 is 2.33 bits per heavy atom. The van der Waals surface area contributed by atoms with E-state index >= 15 is 0 Å². The first-order valence-corrected chi connectivity index (χ1v) is 15.4. The van der Waals surface area contributed by atoms with Crippen LogP contribution < -0.4 is 9.62 Å². The largest absolute Gasteiger partial charge is 0.352 e. The number of carbonyl (C=O) groups excluding carboxylic acids is 2. The average molecular weight is 603 g/mol. The van der Waals surface area contributed by atoms with Gasteiger partial charge in [0.05, 0.1) is 20.6 Å². The highest BCUT2D eigenvalue weighted by Gasteiger charge is 2.34. The number of nitrogens with one attached hydrogen (secondary N) is 1. The zero-order chi connectivity index (χ0) is 28.9. The van der Waals surface area contributed by atoms with Crippen LogP contribution in [-0.2, 0) is 26.2 Å². The number of aryl methyl sites for hydroxylation is 1. The highest BCUT2D eigenvalue weighted by Crippen LogP contribution is 2.35. The number of anilines is 1. The number of hydrogen-bond donors (Lipinski definition) is 1. The zero-order valence-corrected chi connectivity index (χ0v) is 24.8. The van der Waals surface area contributed by atoms with E-state index < -0.39 is 28.5 Å². The summed E-state index contributed by atoms with van der Waals surface area (Å²) in [6.45, 7) is 3.16. The van der Waals surface area contributed by atoms with E-state index in [1.807, 2.05) is 31.2 Å². The van der Waals surface area contributed by atoms with Gasteiger partial charge in [-0.3, -0.25) is 13.9 Å². The molecule has 0 spiro atoms. The Morgan fingerprint density at radius 2 is 1.65 bits per heavy atom. The summed E-state index contributed by atoms with van der Waals surface area (Å²) in [6, 6.07) is 19.3. The van der Waals surface area contributed by atoms with Gasteiger partial charge in [-0.1, -0.05) is 90.1 Å². The van der Waals surface area contributed by atoms with Crippen LogP contribution in [0.4, 0.5) is 5.69 Å². The van der Waals surface area contributed by atoms with E-state index in [1.54, 1.807) is 37.3 Å². The molecule has 0 aromatic heterocycles. The van der Waals surface area contributed by atoms with Crippen molar-refractivity contribution in [2.24, 2.45) is 0 Å². The van der Waals surface area contributed by atoms with Gasteiger partial charge in [0.1, 0.15) is 12.6 Å². The van der Waals surface area contributed by atoms with Gasteiger partial charge in [-0.25, -0.2) is 8.42 Å². The molecule has 1 aliphatic carbocycles. The smallest absolute Gasteiger partial charge is 0.264 e. The molecule has 0 radical (unpaired) electrons. The molecule has 1 aliphatic rings. The number of amides is 2. The standard InChI is InChI=1S/C30H33Cl2N3O4S/c1-21-10-8-11-23(18-21)19-34(22(2)30(37)33-24-12-6-7-13-24)28(36)20-35(27-17-9-16-26(31)29(27)32)40(38,39)25-14-4-3-5-15-25/h3-5,8-11,14-18,22,24H,6-7,12-13,19-20H2,1-2H3,(H,33,37)/t22-/m0/s1. The molecule has 1 fully saturated rings. The third-order valence-electron chi connectivity index (χ3n) is 7.11. The minimum atomic E-state index is -4.22. The fourth-order valence-corrected chi connectivity index (χ4v) is 6.79. The lowest BCUT2D eigenvalue weighted by atomic mass is 10.1. The molecule has 40 heavy (non-hydrogen) atoms. The number of nitrogens with zero attached hydrogens (tertiary/aromatic N) is 2. The summed E-state index contributed by atoms with van der Waals surface area (Å²) in [5, 5.41) is 3.23. The second-order valence-electron chi connectivity index (χ2n) is 10.1. The summed E-state index contributed by atoms with van der Waals surface area (Å²) >= 11 is 12.7. The Labute approximate surface area is 246 Å². The number of halogens is 2. The Kier molecular flexibility index (Phi) is 9.77. The van der Waals surface area contributed by atoms with Crippen molar-refractivity contribution in [3.05, 3.63) is 94.0 Å². The molecular weight excluding hydrogens is 569 g/mol. The third-order valence-corrected chi connectivity index (χ3v) is 9.70. The molecule has 7 nitrogen and oxygen atoms in total. The third kappa shape index (κ3) is 6.97. The first-order valence-electron chi connectivity index (χ1n) is 13.2. The lowest BCUT2D eigenvalue weighted by Crippen LogP contribution is -2.52. The molecule has 10 heteroatoms. The average Bonchev–Trinajstić information content (AvgIpc) is 3.45. The van der Waals surface area contributed by atoms with Crippen molar-refractivity contribution in [2.45, 2.75) is 63.1 Å². The van der Waals surface area contributed by atoms with E-state index in [1.165, 1.54) is 23.1 Å². The molecule has 3 aromatic rings. The van der Waals surface area contributed by atoms with Crippen molar-refractivity contribution >= 4 is 50.7 Å². The highest BCUT2D eigenvalue weighted by atomic mass is 35.5. The van der Waals surface area contributed by atoms with E-state index in [4.69, 9.17) is 23.2 Å². The SMILES string of the molecule is Cc1cccc(CN(C(=O)CN(c2cccc(Cl)c2Cl)S(=O)(=O)c2ccccc2)[C@@H](C)C(=O)NC2CCCC2)c1. The molecule has 3 aromatic carbocycles. The topological polar surface area (TPSA) is 86.8 Å². The molecule has 0 heterocycles. The maximum absolute atomic E-state index is 14.0. The summed E-state index contributed by atoms with van der Waals surface area (Å²) in [5.74, 6) is -0.822. The number of sulfonamides is 1. The van der Waals surface area contributed by atoms with Crippen LogP contribution in [0.25, 0.3) is 0 Å². The molecule has 0 saturated heterocycles. The monoisotopic (exact) mass is 601 g/mol. The van der Waals surface area contributed by atoms with Crippen LogP contribution in [0.1, 0.15) is 43.7 Å². The van der Waals surface area contributed by atoms with Crippen LogP contribution in [0.15, 0.2) is 77.7 Å². The molecule has 0 aliphatic heterocycles. The summed E-state index contributed by atoms with van der Waals surface area (Å²) in [5.41, 5.74) is 1.91. The number of rotatable bonds is 10. The van der Waals surface area contributed by atoms with Gasteiger partial charge >= 0.3 is 0 Å². The van der Waals surface area contributed by atoms with Gasteiger partial charge in [0.15, 0.2) is 0 Å². The Bertz CT molecular complexity index is 1460. The van der Waals surface area contributed by atoms with Gasteiger partial charge in [-0.05, 0) is 56.5 Å². The lowest BCUT2D eigenvalue weighted by molar-refractivity contribution is -0.139. The quantitative estimate of drug-likeness (QED) is 0.310. The van der Waals surface area contributed by atoms with E-state index in [-0.39, 0.29) is 39.1 Å². The van der Waals surface area contributed by atoms with Crippen molar-refractivity contribution in [1.29, 1.82) is 0 Å². The van der Waals surface area contributed by atoms with Gasteiger partial charge < -0.3 is 10.2 Å². The lowest BCUT2D eigenvalue weighted by Gasteiger charge is -2.32. The van der Waals surface area contributed by atoms with Gasteiger partial charge in [-0.2, -0.15) is 0 Å². The van der Waals surface area contributed by atoms with Gasteiger partial charge in [0.25, 0.3) is 10.0 Å². The second kappa shape index (κ2) is 13.1. The fourth-order valence-electron chi connectivity index (χ4n) is 4.90. The van der Waals surface area contributed by atoms with Gasteiger partial charge in [0, 0.05) is 12.6 Å². The second-order valence-corrected chi connectivity index (χ2v) is 12.7. The number of hydrogen-bond acceptors (Lipinski definition) is 4. The summed E-state index contributed by atoms with van der Waals surface area (Å²) < 4.78 is 28.7. The maximum atomic E-state index is 14.0. The van der Waals surface area contributed by atoms with Crippen LogP contribution in [0.2, 0.25) is 10.0 Å².